The van der Waals surface area contributed by atoms with Gasteiger partial charge in [0, 0.05) is 24.7 Å². The second-order valence-corrected chi connectivity index (χ2v) is 7.66. The van der Waals surface area contributed by atoms with Gasteiger partial charge in [0.2, 0.25) is 5.91 Å². The maximum absolute atomic E-state index is 12.7. The van der Waals surface area contributed by atoms with Gasteiger partial charge in [0.25, 0.3) is 5.56 Å². The lowest BCUT2D eigenvalue weighted by atomic mass is 10.3. The van der Waals surface area contributed by atoms with Crippen LogP contribution in [0.4, 0.5) is 0 Å². The van der Waals surface area contributed by atoms with E-state index < -0.39 is 0 Å². The van der Waals surface area contributed by atoms with Gasteiger partial charge >= 0.3 is 0 Å². The number of thiophene rings is 1. The van der Waals surface area contributed by atoms with E-state index in [2.05, 4.69) is 15.3 Å². The Hall–Kier alpha value is -2.23. The normalized spacial score (nSPS) is 11.0. The zero-order valence-corrected chi connectivity index (χ0v) is 16.5. The summed E-state index contributed by atoms with van der Waals surface area (Å²) in [5.41, 5.74) is 0.211. The van der Waals surface area contributed by atoms with Crippen molar-refractivity contribution >= 4 is 40.0 Å². The van der Waals surface area contributed by atoms with Crippen LogP contribution in [-0.2, 0) is 22.5 Å². The number of ether oxygens (including phenoxy) is 1. The first-order valence-corrected chi connectivity index (χ1v) is 10.3. The third-order valence-electron chi connectivity index (χ3n) is 3.82. The topological polar surface area (TPSA) is 86.1 Å². The maximum Gasteiger partial charge on any atom is 0.263 e. The van der Waals surface area contributed by atoms with Crippen LogP contribution in [0.3, 0.4) is 0 Å². The standard InChI is InChI=1S/C18H20N4O3S2/c1-25-10-9-22-17(24)14-5-2-7-20-16(14)21-18(22)27-12-15(23)19-8-6-13-4-3-11-26-13/h2-5,7,11H,6,8-10,12H2,1H3,(H,19,23). The largest absolute Gasteiger partial charge is 0.383 e. The molecule has 3 aromatic heterocycles. The number of fused-ring (bicyclic) bond motifs is 1. The molecule has 142 valence electrons. The molecule has 0 bridgehead atoms. The Bertz CT molecular complexity index is 957. The van der Waals surface area contributed by atoms with Crippen LogP contribution in [0.15, 0.2) is 45.8 Å². The van der Waals surface area contributed by atoms with Gasteiger partial charge in [0.15, 0.2) is 10.8 Å². The molecule has 0 spiro atoms. The molecular formula is C18H20N4O3S2. The second-order valence-electron chi connectivity index (χ2n) is 5.69. The molecule has 0 saturated heterocycles. The number of carbonyl (C=O) groups excluding carboxylic acids is 1. The Labute approximate surface area is 164 Å². The fraction of sp³-hybridized carbons (Fsp3) is 0.333. The Morgan fingerprint density at radius 3 is 3.04 bits per heavy atom. The summed E-state index contributed by atoms with van der Waals surface area (Å²) < 4.78 is 6.63. The van der Waals surface area contributed by atoms with Gasteiger partial charge < -0.3 is 10.1 Å². The smallest absolute Gasteiger partial charge is 0.263 e. The van der Waals surface area contributed by atoms with Crippen molar-refractivity contribution in [1.29, 1.82) is 0 Å². The summed E-state index contributed by atoms with van der Waals surface area (Å²) in [5.74, 6) is 0.0903. The summed E-state index contributed by atoms with van der Waals surface area (Å²) >= 11 is 2.90. The van der Waals surface area contributed by atoms with E-state index in [1.807, 2.05) is 17.5 Å². The number of aromatic nitrogens is 3. The molecule has 1 N–H and O–H groups in total. The van der Waals surface area contributed by atoms with Crippen molar-refractivity contribution in [3.63, 3.8) is 0 Å². The van der Waals surface area contributed by atoms with Crippen LogP contribution in [0.2, 0.25) is 0 Å². The molecular weight excluding hydrogens is 384 g/mol. The van der Waals surface area contributed by atoms with Gasteiger partial charge in [0.05, 0.1) is 24.3 Å². The molecule has 0 aliphatic heterocycles. The van der Waals surface area contributed by atoms with Crippen LogP contribution in [0.5, 0.6) is 0 Å². The van der Waals surface area contributed by atoms with Crippen molar-refractivity contribution < 1.29 is 9.53 Å². The molecule has 9 heteroatoms. The second kappa shape index (κ2) is 9.63. The van der Waals surface area contributed by atoms with E-state index >= 15 is 0 Å². The Morgan fingerprint density at radius 1 is 1.37 bits per heavy atom. The molecule has 0 aromatic carbocycles. The van der Waals surface area contributed by atoms with Gasteiger partial charge in [-0.2, -0.15) is 0 Å². The molecule has 7 nitrogen and oxygen atoms in total. The number of amides is 1. The maximum atomic E-state index is 12.7. The summed E-state index contributed by atoms with van der Waals surface area (Å²) in [6, 6.07) is 7.45. The molecule has 27 heavy (non-hydrogen) atoms. The SMILES string of the molecule is COCCn1c(SCC(=O)NCCc2cccs2)nc2ncccc2c1=O. The van der Waals surface area contributed by atoms with E-state index in [0.29, 0.717) is 35.9 Å². The fourth-order valence-corrected chi connectivity index (χ4v) is 4.04. The first-order valence-electron chi connectivity index (χ1n) is 8.45. The van der Waals surface area contributed by atoms with Crippen molar-refractivity contribution in [2.45, 2.75) is 18.1 Å². The number of carbonyl (C=O) groups is 1. The van der Waals surface area contributed by atoms with Crippen LogP contribution in [0.1, 0.15) is 4.88 Å². The molecule has 3 heterocycles. The Kier molecular flexibility index (Phi) is 6.97. The minimum absolute atomic E-state index is 0.0924. The molecule has 0 unspecified atom stereocenters. The number of thioether (sulfide) groups is 1. The monoisotopic (exact) mass is 404 g/mol. The van der Waals surface area contributed by atoms with Gasteiger partial charge in [-0.25, -0.2) is 9.97 Å². The quantitative estimate of drug-likeness (QED) is 0.433. The number of pyridine rings is 1. The minimum atomic E-state index is -0.175. The zero-order valence-electron chi connectivity index (χ0n) is 14.9. The van der Waals surface area contributed by atoms with E-state index in [-0.39, 0.29) is 17.2 Å². The third-order valence-corrected chi connectivity index (χ3v) is 5.73. The first kappa shape index (κ1) is 19.5. The zero-order chi connectivity index (χ0) is 19.1. The highest BCUT2D eigenvalue weighted by molar-refractivity contribution is 7.99. The highest BCUT2D eigenvalue weighted by Crippen LogP contribution is 2.16. The van der Waals surface area contributed by atoms with Gasteiger partial charge in [-0.1, -0.05) is 17.8 Å². The summed E-state index contributed by atoms with van der Waals surface area (Å²) in [5, 5.41) is 5.84. The van der Waals surface area contributed by atoms with Crippen LogP contribution < -0.4 is 10.9 Å². The van der Waals surface area contributed by atoms with Gasteiger partial charge in [-0.3, -0.25) is 14.2 Å². The highest BCUT2D eigenvalue weighted by Gasteiger charge is 2.13. The van der Waals surface area contributed by atoms with Gasteiger partial charge in [-0.15, -0.1) is 11.3 Å². The number of hydrogen-bond acceptors (Lipinski definition) is 7. The van der Waals surface area contributed by atoms with Crippen LogP contribution in [0, 0.1) is 0 Å². The van der Waals surface area contributed by atoms with Crippen molar-refractivity contribution in [1.82, 2.24) is 19.9 Å². The molecule has 0 aliphatic rings. The first-order chi connectivity index (χ1) is 13.2. The van der Waals surface area contributed by atoms with Crippen molar-refractivity contribution in [3.8, 4) is 0 Å². The number of rotatable bonds is 9. The molecule has 0 aliphatic carbocycles. The lowest BCUT2D eigenvalue weighted by Gasteiger charge is -2.12. The Balaban J connectivity index is 1.67. The minimum Gasteiger partial charge on any atom is -0.383 e. The lowest BCUT2D eigenvalue weighted by Crippen LogP contribution is -2.29. The van der Waals surface area contributed by atoms with E-state index in [1.54, 1.807) is 36.8 Å². The molecule has 0 saturated carbocycles. The number of methoxy groups -OCH3 is 1. The number of hydrogen-bond donors (Lipinski definition) is 1. The molecule has 0 fully saturated rings. The average molecular weight is 405 g/mol. The van der Waals surface area contributed by atoms with Gasteiger partial charge in [-0.05, 0) is 30.0 Å². The Morgan fingerprint density at radius 2 is 2.26 bits per heavy atom. The van der Waals surface area contributed by atoms with Crippen LogP contribution in [0.25, 0.3) is 11.0 Å². The van der Waals surface area contributed by atoms with Crippen molar-refractivity contribution in [2.24, 2.45) is 0 Å². The summed E-state index contributed by atoms with van der Waals surface area (Å²) in [4.78, 5) is 34.7. The molecule has 3 aromatic rings. The molecule has 0 radical (unpaired) electrons. The van der Waals surface area contributed by atoms with E-state index in [4.69, 9.17) is 4.74 Å². The van der Waals surface area contributed by atoms with Gasteiger partial charge in [0.1, 0.15) is 0 Å². The lowest BCUT2D eigenvalue weighted by molar-refractivity contribution is -0.118. The van der Waals surface area contributed by atoms with Crippen LogP contribution in [-0.4, -0.2) is 46.5 Å². The van der Waals surface area contributed by atoms with E-state index in [1.165, 1.54) is 21.2 Å². The predicted octanol–water partition coefficient (Wildman–Crippen LogP) is 1.95. The van der Waals surface area contributed by atoms with Crippen molar-refractivity contribution in [3.05, 3.63) is 51.1 Å². The summed E-state index contributed by atoms with van der Waals surface area (Å²) in [6.07, 6.45) is 2.41. The van der Waals surface area contributed by atoms with E-state index in [9.17, 15) is 9.59 Å². The number of nitrogens with zero attached hydrogens (tertiary/aromatic N) is 3. The highest BCUT2D eigenvalue weighted by atomic mass is 32.2. The number of nitrogens with one attached hydrogen (secondary N) is 1. The summed E-state index contributed by atoms with van der Waals surface area (Å²) in [7, 11) is 1.58. The molecule has 3 rings (SSSR count). The summed E-state index contributed by atoms with van der Waals surface area (Å²) in [6.45, 7) is 1.34. The van der Waals surface area contributed by atoms with Crippen molar-refractivity contribution in [2.75, 3.05) is 26.0 Å². The van der Waals surface area contributed by atoms with E-state index in [0.717, 1.165) is 6.42 Å². The third kappa shape index (κ3) is 5.15. The fourth-order valence-electron chi connectivity index (χ4n) is 2.49. The van der Waals surface area contributed by atoms with Crippen LogP contribution >= 0.6 is 23.1 Å². The predicted molar refractivity (Wildman–Crippen MR) is 107 cm³/mol. The molecule has 1 amide bonds. The average Bonchev–Trinajstić information content (AvgIpc) is 3.19. The molecule has 0 atom stereocenters.